The maximum absolute atomic E-state index is 9.50. The molecule has 7 nitrogen and oxygen atoms in total. The molecule has 1 aliphatic rings. The molecule has 1 aliphatic heterocycles. The molecule has 16 heavy (non-hydrogen) atoms. The topological polar surface area (TPSA) is 126 Å². The number of nitrogens with one attached hydrogen (secondary N) is 1. The molecular weight excluding hydrogens is 218 g/mol. The van der Waals surface area contributed by atoms with Crippen LogP contribution in [-0.2, 0) is 4.74 Å². The van der Waals surface area contributed by atoms with Gasteiger partial charge in [-0.2, -0.15) is 0 Å². The van der Waals surface area contributed by atoms with Gasteiger partial charge < -0.3 is 30.3 Å². The van der Waals surface area contributed by atoms with Crippen LogP contribution >= 0.6 is 0 Å². The third-order valence-corrected chi connectivity index (χ3v) is 2.59. The average Bonchev–Trinajstić information content (AvgIpc) is 3.01. The number of aliphatic hydroxyl groups excluding tert-OH is 5. The molecule has 0 spiro atoms. The van der Waals surface area contributed by atoms with Gasteiger partial charge in [-0.1, -0.05) is 0 Å². The summed E-state index contributed by atoms with van der Waals surface area (Å²) in [4.78, 5) is 0. The van der Waals surface area contributed by atoms with Crippen molar-refractivity contribution in [3.05, 3.63) is 0 Å². The molecule has 96 valence electrons. The van der Waals surface area contributed by atoms with Gasteiger partial charge in [0.05, 0.1) is 19.3 Å². The number of ether oxygens (including phenoxy) is 1. The van der Waals surface area contributed by atoms with Crippen molar-refractivity contribution in [2.45, 2.75) is 37.1 Å². The Morgan fingerprint density at radius 1 is 1.19 bits per heavy atom. The lowest BCUT2D eigenvalue weighted by atomic mass is 10.0. The van der Waals surface area contributed by atoms with Crippen molar-refractivity contribution in [3.63, 3.8) is 0 Å². The van der Waals surface area contributed by atoms with E-state index in [1.165, 1.54) is 0 Å². The Labute approximate surface area is 93.3 Å². The van der Waals surface area contributed by atoms with Crippen LogP contribution in [0.3, 0.4) is 0 Å². The van der Waals surface area contributed by atoms with E-state index in [9.17, 15) is 15.3 Å². The van der Waals surface area contributed by atoms with Crippen LogP contribution < -0.4 is 5.32 Å². The zero-order valence-electron chi connectivity index (χ0n) is 9.08. The van der Waals surface area contributed by atoms with E-state index in [1.54, 1.807) is 6.92 Å². The Hall–Kier alpha value is -0.280. The van der Waals surface area contributed by atoms with Crippen LogP contribution in [0.15, 0.2) is 0 Å². The van der Waals surface area contributed by atoms with Crippen molar-refractivity contribution in [2.75, 3.05) is 19.8 Å². The zero-order valence-corrected chi connectivity index (χ0v) is 9.08. The Morgan fingerprint density at radius 3 is 2.12 bits per heavy atom. The Morgan fingerprint density at radius 2 is 1.69 bits per heavy atom. The number of epoxide rings is 1. The summed E-state index contributed by atoms with van der Waals surface area (Å²) in [5, 5.41) is 48.8. The molecule has 6 N–H and O–H groups in total. The molecule has 1 heterocycles. The normalized spacial score (nSPS) is 31.9. The molecule has 0 aromatic heterocycles. The second-order valence-corrected chi connectivity index (χ2v) is 4.20. The van der Waals surface area contributed by atoms with Crippen LogP contribution in [0.4, 0.5) is 0 Å². The van der Waals surface area contributed by atoms with Crippen molar-refractivity contribution in [1.82, 2.24) is 5.32 Å². The minimum absolute atomic E-state index is 0.0207. The lowest BCUT2D eigenvalue weighted by molar-refractivity contribution is -0.114. The molecule has 0 bridgehead atoms. The van der Waals surface area contributed by atoms with Crippen molar-refractivity contribution < 1.29 is 30.3 Å². The van der Waals surface area contributed by atoms with Gasteiger partial charge in [0.15, 0.2) is 0 Å². The first-order chi connectivity index (χ1) is 7.39. The number of rotatable bonds is 7. The lowest BCUT2D eigenvalue weighted by Crippen LogP contribution is -2.50. The zero-order chi connectivity index (χ0) is 12.3. The molecule has 0 aliphatic carbocycles. The Balaban J connectivity index is 2.31. The fraction of sp³-hybridized carbons (Fsp3) is 1.00. The van der Waals surface area contributed by atoms with E-state index >= 15 is 0 Å². The second kappa shape index (κ2) is 5.37. The fourth-order valence-electron chi connectivity index (χ4n) is 1.21. The molecule has 0 aromatic carbocycles. The van der Waals surface area contributed by atoms with Gasteiger partial charge in [-0.05, 0) is 6.92 Å². The SMILES string of the molecule is CC1(NCC(O)C(O)C(O)C(O)CO)CO1. The summed E-state index contributed by atoms with van der Waals surface area (Å²) in [5.41, 5.74) is -0.471. The van der Waals surface area contributed by atoms with Gasteiger partial charge in [0.25, 0.3) is 0 Å². The maximum atomic E-state index is 9.50. The standard InChI is InChI=1S/C9H19NO6/c1-9(4-16-9)10-2-5(12)7(14)8(15)6(13)3-11/h5-8,10-15H,2-4H2,1H3. The molecule has 0 amide bonds. The van der Waals surface area contributed by atoms with Gasteiger partial charge in [0.2, 0.25) is 0 Å². The molecule has 7 heteroatoms. The Kier molecular flexibility index (Phi) is 4.62. The van der Waals surface area contributed by atoms with E-state index in [0.717, 1.165) is 0 Å². The van der Waals surface area contributed by atoms with Crippen molar-refractivity contribution in [1.29, 1.82) is 0 Å². The van der Waals surface area contributed by atoms with E-state index in [4.69, 9.17) is 14.9 Å². The van der Waals surface area contributed by atoms with Gasteiger partial charge in [-0.3, -0.25) is 5.32 Å². The molecule has 1 saturated heterocycles. The predicted octanol–water partition coefficient (Wildman–Crippen LogP) is -3.24. The quantitative estimate of drug-likeness (QED) is 0.257. The van der Waals surface area contributed by atoms with Crippen LogP contribution in [-0.4, -0.2) is 75.4 Å². The molecule has 5 atom stereocenters. The third-order valence-electron chi connectivity index (χ3n) is 2.59. The van der Waals surface area contributed by atoms with Crippen LogP contribution in [0.5, 0.6) is 0 Å². The van der Waals surface area contributed by atoms with E-state index in [2.05, 4.69) is 5.32 Å². The second-order valence-electron chi connectivity index (χ2n) is 4.20. The summed E-state index contributed by atoms with van der Waals surface area (Å²) in [5.74, 6) is 0. The summed E-state index contributed by atoms with van der Waals surface area (Å²) < 4.78 is 5.00. The highest BCUT2D eigenvalue weighted by Crippen LogP contribution is 2.21. The van der Waals surface area contributed by atoms with E-state index in [1.807, 2.05) is 0 Å². The molecule has 0 saturated carbocycles. The monoisotopic (exact) mass is 237 g/mol. The first kappa shape index (κ1) is 13.8. The molecule has 0 aromatic rings. The van der Waals surface area contributed by atoms with E-state index in [-0.39, 0.29) is 6.54 Å². The highest BCUT2D eigenvalue weighted by Gasteiger charge is 2.40. The maximum Gasteiger partial charge on any atom is 0.140 e. The summed E-state index contributed by atoms with van der Waals surface area (Å²) >= 11 is 0. The highest BCUT2D eigenvalue weighted by molar-refractivity contribution is 4.88. The van der Waals surface area contributed by atoms with Gasteiger partial charge in [0, 0.05) is 6.54 Å². The van der Waals surface area contributed by atoms with Crippen LogP contribution in [0.1, 0.15) is 6.92 Å². The fourth-order valence-corrected chi connectivity index (χ4v) is 1.21. The molecule has 0 radical (unpaired) electrons. The summed E-state index contributed by atoms with van der Waals surface area (Å²) in [6.07, 6.45) is -5.85. The van der Waals surface area contributed by atoms with Crippen molar-refractivity contribution in [2.24, 2.45) is 0 Å². The minimum Gasteiger partial charge on any atom is -0.394 e. The highest BCUT2D eigenvalue weighted by atomic mass is 16.6. The molecule has 1 rings (SSSR count). The third kappa shape index (κ3) is 3.63. The summed E-state index contributed by atoms with van der Waals surface area (Å²) in [6, 6.07) is 0. The molecule has 1 fully saturated rings. The van der Waals surface area contributed by atoms with Gasteiger partial charge >= 0.3 is 0 Å². The average molecular weight is 237 g/mol. The van der Waals surface area contributed by atoms with E-state index in [0.29, 0.717) is 6.61 Å². The first-order valence-electron chi connectivity index (χ1n) is 5.12. The van der Waals surface area contributed by atoms with Gasteiger partial charge in [-0.25, -0.2) is 0 Å². The predicted molar refractivity (Wildman–Crippen MR) is 53.5 cm³/mol. The van der Waals surface area contributed by atoms with Gasteiger partial charge in [0.1, 0.15) is 24.0 Å². The van der Waals surface area contributed by atoms with Gasteiger partial charge in [-0.15, -0.1) is 0 Å². The van der Waals surface area contributed by atoms with E-state index < -0.39 is 36.7 Å². The first-order valence-corrected chi connectivity index (χ1v) is 5.12. The smallest absolute Gasteiger partial charge is 0.140 e. The molecule has 5 unspecified atom stereocenters. The number of aliphatic hydroxyl groups is 5. The van der Waals surface area contributed by atoms with Crippen LogP contribution in [0.25, 0.3) is 0 Å². The molecular formula is C9H19NO6. The lowest BCUT2D eigenvalue weighted by Gasteiger charge is -2.26. The van der Waals surface area contributed by atoms with Crippen molar-refractivity contribution >= 4 is 0 Å². The largest absolute Gasteiger partial charge is 0.394 e. The minimum atomic E-state index is -1.59. The number of hydrogen-bond acceptors (Lipinski definition) is 7. The summed E-state index contributed by atoms with van der Waals surface area (Å²) in [7, 11) is 0. The number of hydrogen-bond donors (Lipinski definition) is 6. The van der Waals surface area contributed by atoms with Crippen molar-refractivity contribution in [3.8, 4) is 0 Å². The summed E-state index contributed by atoms with van der Waals surface area (Å²) in [6.45, 7) is 1.65. The van der Waals surface area contributed by atoms with Crippen LogP contribution in [0.2, 0.25) is 0 Å². The van der Waals surface area contributed by atoms with Crippen LogP contribution in [0, 0.1) is 0 Å². The Bertz CT molecular complexity index is 222.